The largest absolute Gasteiger partial charge is 0.489 e. The topological polar surface area (TPSA) is 41.5 Å². The lowest BCUT2D eigenvalue weighted by molar-refractivity contribution is 0.283. The average molecular weight is 354 g/mol. The molecule has 0 saturated carbocycles. The molecule has 0 aromatic heterocycles. The fourth-order valence-electron chi connectivity index (χ4n) is 2.29. The zero-order chi connectivity index (χ0) is 16.3. The van der Waals surface area contributed by atoms with E-state index in [4.69, 9.17) is 9.84 Å². The highest BCUT2D eigenvalue weighted by atomic mass is 35.5. The Morgan fingerprint density at radius 2 is 1.83 bits per heavy atom. The minimum Gasteiger partial charge on any atom is -0.489 e. The maximum absolute atomic E-state index is 13.6. The first kappa shape index (κ1) is 20.4. The number of ether oxygens (including phenoxy) is 1. The Labute approximate surface area is 149 Å². The van der Waals surface area contributed by atoms with Crippen LogP contribution in [0.1, 0.15) is 30.4 Å². The molecular formula is C19H25ClFNO2. The van der Waals surface area contributed by atoms with Crippen LogP contribution in [0.15, 0.2) is 48.5 Å². The van der Waals surface area contributed by atoms with Crippen LogP contribution in [-0.4, -0.2) is 18.3 Å². The van der Waals surface area contributed by atoms with E-state index in [9.17, 15) is 4.39 Å². The number of halogens is 2. The number of unbranched alkanes of at least 4 members (excludes halogenated alkanes) is 2. The van der Waals surface area contributed by atoms with E-state index in [0.29, 0.717) is 5.56 Å². The molecule has 0 atom stereocenters. The number of hydrogen-bond donors (Lipinski definition) is 2. The van der Waals surface area contributed by atoms with Gasteiger partial charge in [-0.1, -0.05) is 30.3 Å². The molecule has 0 radical (unpaired) electrons. The van der Waals surface area contributed by atoms with Crippen molar-refractivity contribution in [3.05, 3.63) is 65.5 Å². The summed E-state index contributed by atoms with van der Waals surface area (Å²) in [5.74, 6) is 0.501. The summed E-state index contributed by atoms with van der Waals surface area (Å²) in [4.78, 5) is 0. The van der Waals surface area contributed by atoms with Gasteiger partial charge in [-0.25, -0.2) is 4.39 Å². The quantitative estimate of drug-likeness (QED) is 0.632. The van der Waals surface area contributed by atoms with Crippen LogP contribution in [-0.2, 0) is 13.2 Å². The fourth-order valence-corrected chi connectivity index (χ4v) is 2.29. The van der Waals surface area contributed by atoms with Gasteiger partial charge in [0.05, 0.1) is 0 Å². The van der Waals surface area contributed by atoms with Crippen LogP contribution in [0.25, 0.3) is 0 Å². The van der Waals surface area contributed by atoms with Crippen LogP contribution in [0.5, 0.6) is 5.75 Å². The zero-order valence-electron chi connectivity index (χ0n) is 13.7. The lowest BCUT2D eigenvalue weighted by Crippen LogP contribution is -2.14. The van der Waals surface area contributed by atoms with E-state index in [2.05, 4.69) is 5.32 Å². The average Bonchev–Trinajstić information content (AvgIpc) is 2.58. The third kappa shape index (κ3) is 7.30. The molecule has 2 aromatic rings. The molecule has 5 heteroatoms. The predicted octanol–water partition coefficient (Wildman–Crippen LogP) is 4.08. The predicted molar refractivity (Wildman–Crippen MR) is 97.1 cm³/mol. The lowest BCUT2D eigenvalue weighted by Gasteiger charge is -2.09. The molecule has 0 aliphatic heterocycles. The Bertz CT molecular complexity index is 595. The van der Waals surface area contributed by atoms with Crippen LogP contribution in [0.3, 0.4) is 0 Å². The normalized spacial score (nSPS) is 10.2. The molecule has 24 heavy (non-hydrogen) atoms. The van der Waals surface area contributed by atoms with Gasteiger partial charge in [-0.3, -0.25) is 0 Å². The SMILES string of the molecule is Cl.OCCCCCNCc1cccc(OCc2ccccc2F)c1. The van der Waals surface area contributed by atoms with Crippen molar-refractivity contribution in [2.75, 3.05) is 13.2 Å². The highest BCUT2D eigenvalue weighted by molar-refractivity contribution is 5.85. The number of aliphatic hydroxyl groups excluding tert-OH is 1. The molecule has 0 bridgehead atoms. The number of aliphatic hydroxyl groups is 1. The summed E-state index contributed by atoms with van der Waals surface area (Å²) >= 11 is 0. The van der Waals surface area contributed by atoms with Crippen LogP contribution in [0.2, 0.25) is 0 Å². The summed E-state index contributed by atoms with van der Waals surface area (Å²) in [6, 6.07) is 14.5. The van der Waals surface area contributed by atoms with E-state index < -0.39 is 0 Å². The van der Waals surface area contributed by atoms with Gasteiger partial charge in [-0.05, 0) is 49.6 Å². The minimum atomic E-state index is -0.242. The van der Waals surface area contributed by atoms with Crippen molar-refractivity contribution in [3.63, 3.8) is 0 Å². The number of rotatable bonds is 10. The molecule has 0 heterocycles. The zero-order valence-corrected chi connectivity index (χ0v) is 14.5. The molecule has 0 aliphatic rings. The number of hydrogen-bond acceptors (Lipinski definition) is 3. The number of benzene rings is 2. The summed E-state index contributed by atoms with van der Waals surface area (Å²) in [5.41, 5.74) is 1.69. The second-order valence-corrected chi connectivity index (χ2v) is 5.49. The van der Waals surface area contributed by atoms with E-state index in [1.165, 1.54) is 6.07 Å². The Morgan fingerprint density at radius 3 is 2.62 bits per heavy atom. The summed E-state index contributed by atoms with van der Waals surface area (Å²) in [6.07, 6.45) is 2.96. The Kier molecular flexibility index (Phi) is 10.1. The Balaban J connectivity index is 0.00000288. The van der Waals surface area contributed by atoms with Crippen molar-refractivity contribution in [2.24, 2.45) is 0 Å². The Hall–Kier alpha value is -1.62. The van der Waals surface area contributed by atoms with Crippen molar-refractivity contribution >= 4 is 12.4 Å². The summed E-state index contributed by atoms with van der Waals surface area (Å²) in [5, 5.41) is 12.1. The van der Waals surface area contributed by atoms with E-state index in [-0.39, 0.29) is 31.4 Å². The first-order valence-corrected chi connectivity index (χ1v) is 8.06. The first-order valence-electron chi connectivity index (χ1n) is 8.06. The van der Waals surface area contributed by atoms with Gasteiger partial charge >= 0.3 is 0 Å². The van der Waals surface area contributed by atoms with Gasteiger partial charge in [0.2, 0.25) is 0 Å². The van der Waals surface area contributed by atoms with Crippen molar-refractivity contribution in [1.82, 2.24) is 5.32 Å². The summed E-state index contributed by atoms with van der Waals surface area (Å²) in [7, 11) is 0. The van der Waals surface area contributed by atoms with E-state index in [1.54, 1.807) is 18.2 Å². The van der Waals surface area contributed by atoms with Gasteiger partial charge in [0, 0.05) is 18.7 Å². The Morgan fingerprint density at radius 1 is 1.00 bits per heavy atom. The van der Waals surface area contributed by atoms with Crippen LogP contribution in [0.4, 0.5) is 4.39 Å². The van der Waals surface area contributed by atoms with Gasteiger partial charge in [0.15, 0.2) is 0 Å². The third-order valence-electron chi connectivity index (χ3n) is 3.59. The molecule has 132 valence electrons. The van der Waals surface area contributed by atoms with Crippen molar-refractivity contribution in [3.8, 4) is 5.75 Å². The van der Waals surface area contributed by atoms with Crippen molar-refractivity contribution in [1.29, 1.82) is 0 Å². The van der Waals surface area contributed by atoms with Crippen LogP contribution >= 0.6 is 12.4 Å². The lowest BCUT2D eigenvalue weighted by atomic mass is 10.2. The van der Waals surface area contributed by atoms with Gasteiger partial charge in [-0.2, -0.15) is 0 Å². The van der Waals surface area contributed by atoms with E-state index >= 15 is 0 Å². The highest BCUT2D eigenvalue weighted by Crippen LogP contribution is 2.16. The molecule has 0 fully saturated rings. The summed E-state index contributed by atoms with van der Waals surface area (Å²) in [6.45, 7) is 2.20. The maximum atomic E-state index is 13.6. The van der Waals surface area contributed by atoms with Gasteiger partial charge in [-0.15, -0.1) is 12.4 Å². The molecule has 2 rings (SSSR count). The molecule has 0 aliphatic carbocycles. The molecular weight excluding hydrogens is 329 g/mol. The fraction of sp³-hybridized carbons (Fsp3) is 0.368. The molecule has 0 unspecified atom stereocenters. The molecule has 0 amide bonds. The molecule has 0 spiro atoms. The third-order valence-corrected chi connectivity index (χ3v) is 3.59. The van der Waals surface area contributed by atoms with Gasteiger partial charge in [0.25, 0.3) is 0 Å². The van der Waals surface area contributed by atoms with Crippen molar-refractivity contribution < 1.29 is 14.2 Å². The monoisotopic (exact) mass is 353 g/mol. The molecule has 3 nitrogen and oxygen atoms in total. The van der Waals surface area contributed by atoms with Gasteiger partial charge in [0.1, 0.15) is 18.2 Å². The molecule has 2 N–H and O–H groups in total. The van der Waals surface area contributed by atoms with E-state index in [1.807, 2.05) is 24.3 Å². The second-order valence-electron chi connectivity index (χ2n) is 5.49. The van der Waals surface area contributed by atoms with Crippen molar-refractivity contribution in [2.45, 2.75) is 32.4 Å². The smallest absolute Gasteiger partial charge is 0.129 e. The molecule has 0 saturated heterocycles. The highest BCUT2D eigenvalue weighted by Gasteiger charge is 2.02. The van der Waals surface area contributed by atoms with Crippen LogP contribution < -0.4 is 10.1 Å². The maximum Gasteiger partial charge on any atom is 0.129 e. The van der Waals surface area contributed by atoms with Crippen LogP contribution in [0, 0.1) is 5.82 Å². The second kappa shape index (κ2) is 11.8. The van der Waals surface area contributed by atoms with E-state index in [0.717, 1.165) is 43.7 Å². The summed E-state index contributed by atoms with van der Waals surface area (Å²) < 4.78 is 19.2. The minimum absolute atomic E-state index is 0. The standard InChI is InChI=1S/C19H24FNO2.ClH/c20-19-10-3-2-8-17(19)15-23-18-9-6-7-16(13-18)14-21-11-4-1-5-12-22;/h2-3,6-10,13,21-22H,1,4-5,11-12,14-15H2;1H. The number of nitrogens with one attached hydrogen (secondary N) is 1. The molecule has 2 aromatic carbocycles. The first-order chi connectivity index (χ1) is 11.3. The van der Waals surface area contributed by atoms with Gasteiger partial charge < -0.3 is 15.2 Å².